The predicted molar refractivity (Wildman–Crippen MR) is 74.6 cm³/mol. The van der Waals surface area contributed by atoms with Crippen molar-refractivity contribution in [2.75, 3.05) is 20.3 Å². The first kappa shape index (κ1) is 17.8. The van der Waals surface area contributed by atoms with E-state index in [1.807, 2.05) is 6.92 Å². The Kier molecular flexibility index (Phi) is 8.30. The van der Waals surface area contributed by atoms with Crippen molar-refractivity contribution in [1.29, 1.82) is 0 Å². The molecule has 1 aromatic rings. The Hall–Kier alpha value is -1.17. The number of hydrogen-bond donors (Lipinski definition) is 1. The average Bonchev–Trinajstić information content (AvgIpc) is 2.35. The van der Waals surface area contributed by atoms with Gasteiger partial charge in [0.15, 0.2) is 0 Å². The number of benzene rings is 1. The van der Waals surface area contributed by atoms with Gasteiger partial charge >= 0.3 is 0 Å². The topological polar surface area (TPSA) is 55.6 Å². The van der Waals surface area contributed by atoms with E-state index in [4.69, 9.17) is 10.5 Å². The van der Waals surface area contributed by atoms with Crippen molar-refractivity contribution >= 4 is 18.3 Å². The third-order valence-electron chi connectivity index (χ3n) is 2.62. The highest BCUT2D eigenvalue weighted by atomic mass is 35.5. The fraction of sp³-hybridized carbons (Fsp3) is 0.462. The third kappa shape index (κ3) is 5.55. The van der Waals surface area contributed by atoms with E-state index in [0.717, 1.165) is 5.56 Å². The molecule has 0 radical (unpaired) electrons. The van der Waals surface area contributed by atoms with Crippen LogP contribution in [-0.2, 0) is 16.1 Å². The molecular formula is C13H20ClFN2O2. The maximum absolute atomic E-state index is 13.1. The van der Waals surface area contributed by atoms with Gasteiger partial charge in [0, 0.05) is 20.2 Å². The van der Waals surface area contributed by atoms with Gasteiger partial charge < -0.3 is 15.4 Å². The molecule has 1 rings (SSSR count). The first-order chi connectivity index (χ1) is 8.58. The minimum atomic E-state index is -0.677. The Morgan fingerprint density at radius 2 is 2.21 bits per heavy atom. The first-order valence-electron chi connectivity index (χ1n) is 5.86. The first-order valence-corrected chi connectivity index (χ1v) is 5.86. The van der Waals surface area contributed by atoms with Crippen LogP contribution in [-0.4, -0.2) is 37.1 Å². The minimum absolute atomic E-state index is 0. The van der Waals surface area contributed by atoms with E-state index in [-0.39, 0.29) is 30.7 Å². The Morgan fingerprint density at radius 3 is 2.74 bits per heavy atom. The Labute approximate surface area is 119 Å². The number of carbonyl (C=O) groups excluding carboxylic acids is 1. The number of halogens is 2. The lowest BCUT2D eigenvalue weighted by atomic mass is 10.2. The maximum atomic E-state index is 13.1. The molecule has 1 amide bonds. The molecule has 19 heavy (non-hydrogen) atoms. The zero-order valence-corrected chi connectivity index (χ0v) is 12.0. The molecule has 0 aliphatic heterocycles. The van der Waals surface area contributed by atoms with Crippen LogP contribution in [0.5, 0.6) is 0 Å². The molecule has 0 aromatic heterocycles. The average molecular weight is 291 g/mol. The molecule has 1 atom stereocenters. The van der Waals surface area contributed by atoms with Gasteiger partial charge in [0.05, 0.1) is 6.61 Å². The molecule has 0 aliphatic rings. The van der Waals surface area contributed by atoms with Gasteiger partial charge in [-0.1, -0.05) is 12.1 Å². The van der Waals surface area contributed by atoms with E-state index >= 15 is 0 Å². The summed E-state index contributed by atoms with van der Waals surface area (Å²) < 4.78 is 17.9. The van der Waals surface area contributed by atoms with Crippen molar-refractivity contribution < 1.29 is 13.9 Å². The second-order valence-corrected chi connectivity index (χ2v) is 4.04. The highest BCUT2D eigenvalue weighted by Crippen LogP contribution is 2.08. The molecule has 2 N–H and O–H groups in total. The van der Waals surface area contributed by atoms with Crippen molar-refractivity contribution in [3.05, 3.63) is 35.6 Å². The zero-order valence-electron chi connectivity index (χ0n) is 11.1. The number of methoxy groups -OCH3 is 1. The van der Waals surface area contributed by atoms with Crippen LogP contribution < -0.4 is 5.73 Å². The number of nitrogens with zero attached hydrogens (tertiary/aromatic N) is 1. The van der Waals surface area contributed by atoms with E-state index in [1.165, 1.54) is 19.2 Å². The lowest BCUT2D eigenvalue weighted by molar-refractivity contribution is -0.134. The summed E-state index contributed by atoms with van der Waals surface area (Å²) in [6, 6.07) is 5.51. The van der Waals surface area contributed by atoms with Crippen LogP contribution in [0.15, 0.2) is 24.3 Å². The highest BCUT2D eigenvalue weighted by molar-refractivity contribution is 5.85. The van der Waals surface area contributed by atoms with Crippen molar-refractivity contribution in [3.8, 4) is 0 Å². The lowest BCUT2D eigenvalue weighted by Crippen LogP contribution is -2.45. The summed E-state index contributed by atoms with van der Waals surface area (Å²) in [5, 5.41) is 0. The van der Waals surface area contributed by atoms with Crippen LogP contribution in [0.4, 0.5) is 4.39 Å². The summed E-state index contributed by atoms with van der Waals surface area (Å²) >= 11 is 0. The van der Waals surface area contributed by atoms with Crippen LogP contribution in [0, 0.1) is 5.82 Å². The molecule has 0 heterocycles. The molecule has 0 bridgehead atoms. The third-order valence-corrected chi connectivity index (χ3v) is 2.62. The van der Waals surface area contributed by atoms with E-state index < -0.39 is 6.04 Å². The minimum Gasteiger partial charge on any atom is -0.383 e. The van der Waals surface area contributed by atoms with Gasteiger partial charge in [-0.05, 0) is 24.6 Å². The van der Waals surface area contributed by atoms with Gasteiger partial charge in [0.2, 0.25) is 5.91 Å². The van der Waals surface area contributed by atoms with E-state index in [1.54, 1.807) is 17.0 Å². The zero-order chi connectivity index (χ0) is 13.5. The molecule has 6 heteroatoms. The number of carbonyl (C=O) groups is 1. The summed E-state index contributed by atoms with van der Waals surface area (Å²) in [6.45, 7) is 2.91. The SMILES string of the molecule is CCN(Cc1cccc(F)c1)C(=O)C(N)COC.Cl. The van der Waals surface area contributed by atoms with Crippen molar-refractivity contribution in [1.82, 2.24) is 4.90 Å². The Balaban J connectivity index is 0.00000324. The molecule has 1 aromatic carbocycles. The summed E-state index contributed by atoms with van der Waals surface area (Å²) in [6.07, 6.45) is 0. The standard InChI is InChI=1S/C13H19FN2O2.ClH/c1-3-16(13(17)12(15)9-18-2)8-10-5-4-6-11(14)7-10;/h4-7,12H,3,8-9,15H2,1-2H3;1H. The van der Waals surface area contributed by atoms with E-state index in [0.29, 0.717) is 13.1 Å². The fourth-order valence-electron chi connectivity index (χ4n) is 1.69. The molecular weight excluding hydrogens is 271 g/mol. The second kappa shape index (κ2) is 8.85. The van der Waals surface area contributed by atoms with E-state index in [9.17, 15) is 9.18 Å². The Bertz CT molecular complexity index is 404. The second-order valence-electron chi connectivity index (χ2n) is 4.04. The largest absolute Gasteiger partial charge is 0.383 e. The quantitative estimate of drug-likeness (QED) is 0.865. The molecule has 4 nitrogen and oxygen atoms in total. The van der Waals surface area contributed by atoms with Crippen LogP contribution in [0.25, 0.3) is 0 Å². The predicted octanol–water partition coefficient (Wildman–Crippen LogP) is 1.57. The van der Waals surface area contributed by atoms with Gasteiger partial charge in [-0.25, -0.2) is 4.39 Å². The number of rotatable bonds is 6. The number of hydrogen-bond acceptors (Lipinski definition) is 3. The summed E-state index contributed by atoms with van der Waals surface area (Å²) in [4.78, 5) is 13.6. The van der Waals surface area contributed by atoms with Gasteiger partial charge in [0.25, 0.3) is 0 Å². The monoisotopic (exact) mass is 290 g/mol. The molecule has 0 spiro atoms. The van der Waals surface area contributed by atoms with Crippen LogP contribution in [0.3, 0.4) is 0 Å². The molecule has 108 valence electrons. The number of likely N-dealkylation sites (N-methyl/N-ethyl adjacent to an activating group) is 1. The van der Waals surface area contributed by atoms with E-state index in [2.05, 4.69) is 0 Å². The number of amides is 1. The molecule has 0 saturated heterocycles. The van der Waals surface area contributed by atoms with Crippen LogP contribution in [0.1, 0.15) is 12.5 Å². The van der Waals surface area contributed by atoms with Gasteiger partial charge in [0.1, 0.15) is 11.9 Å². The van der Waals surface area contributed by atoms with Crippen molar-refractivity contribution in [3.63, 3.8) is 0 Å². The number of ether oxygens (including phenoxy) is 1. The fourth-order valence-corrected chi connectivity index (χ4v) is 1.69. The molecule has 0 fully saturated rings. The van der Waals surface area contributed by atoms with Gasteiger partial charge in [-0.2, -0.15) is 0 Å². The normalized spacial score (nSPS) is 11.6. The highest BCUT2D eigenvalue weighted by Gasteiger charge is 2.19. The molecule has 0 saturated carbocycles. The van der Waals surface area contributed by atoms with Crippen LogP contribution >= 0.6 is 12.4 Å². The molecule has 0 aliphatic carbocycles. The van der Waals surface area contributed by atoms with Gasteiger partial charge in [-0.3, -0.25) is 4.79 Å². The van der Waals surface area contributed by atoms with Crippen molar-refractivity contribution in [2.45, 2.75) is 19.5 Å². The lowest BCUT2D eigenvalue weighted by Gasteiger charge is -2.24. The van der Waals surface area contributed by atoms with Crippen molar-refractivity contribution in [2.24, 2.45) is 5.73 Å². The smallest absolute Gasteiger partial charge is 0.242 e. The van der Waals surface area contributed by atoms with Gasteiger partial charge in [-0.15, -0.1) is 12.4 Å². The summed E-state index contributed by atoms with van der Waals surface area (Å²) in [7, 11) is 1.50. The number of nitrogens with two attached hydrogens (primary N) is 1. The van der Waals surface area contributed by atoms with Crippen LogP contribution in [0.2, 0.25) is 0 Å². The maximum Gasteiger partial charge on any atom is 0.242 e. The summed E-state index contributed by atoms with van der Waals surface area (Å²) in [5.41, 5.74) is 6.44. The molecule has 1 unspecified atom stereocenters. The summed E-state index contributed by atoms with van der Waals surface area (Å²) in [5.74, 6) is -0.499. The Morgan fingerprint density at radius 1 is 1.53 bits per heavy atom.